The Bertz CT molecular complexity index is 142. The first-order chi connectivity index (χ1) is 5.24. The van der Waals surface area contributed by atoms with Crippen LogP contribution in [0.5, 0.6) is 0 Å². The third-order valence-corrected chi connectivity index (χ3v) is 1.60. The Labute approximate surface area is 68.2 Å². The van der Waals surface area contributed by atoms with Crippen molar-refractivity contribution in [2.24, 2.45) is 5.92 Å². The fraction of sp³-hybridized carbons (Fsp3) is 0.667. The molecule has 64 valence electrons. The minimum atomic E-state index is -0.0950. The van der Waals surface area contributed by atoms with Gasteiger partial charge in [-0.15, -0.1) is 0 Å². The molecule has 1 fully saturated rings. The van der Waals surface area contributed by atoms with Crippen LogP contribution in [-0.2, 0) is 9.53 Å². The summed E-state index contributed by atoms with van der Waals surface area (Å²) in [6.45, 7) is 7.72. The molecule has 0 aliphatic heterocycles. The molecule has 0 radical (unpaired) electrons. The van der Waals surface area contributed by atoms with Crippen LogP contribution < -0.4 is 0 Å². The molecule has 1 aliphatic rings. The number of methoxy groups -OCH3 is 1. The van der Waals surface area contributed by atoms with Gasteiger partial charge in [0.15, 0.2) is 0 Å². The Balaban J connectivity index is 0.000000461. The SMILES string of the molecule is C=C1CC(C(=O)OC)C1.CC. The van der Waals surface area contributed by atoms with E-state index in [4.69, 9.17) is 0 Å². The largest absolute Gasteiger partial charge is 0.469 e. The zero-order valence-corrected chi connectivity index (χ0v) is 7.52. The molecule has 0 N–H and O–H groups in total. The molecule has 0 aromatic carbocycles. The zero-order chi connectivity index (χ0) is 8.85. The monoisotopic (exact) mass is 156 g/mol. The lowest BCUT2D eigenvalue weighted by molar-refractivity contribution is -0.146. The Morgan fingerprint density at radius 1 is 1.55 bits per heavy atom. The summed E-state index contributed by atoms with van der Waals surface area (Å²) < 4.78 is 4.52. The van der Waals surface area contributed by atoms with Crippen LogP contribution in [0.3, 0.4) is 0 Å². The standard InChI is InChI=1S/C7H10O2.C2H6/c1-5-3-6(4-5)7(8)9-2;1-2/h6H,1,3-4H2,2H3;1-2H3. The van der Waals surface area contributed by atoms with Gasteiger partial charge >= 0.3 is 5.97 Å². The molecule has 1 saturated carbocycles. The van der Waals surface area contributed by atoms with E-state index in [1.807, 2.05) is 13.8 Å². The van der Waals surface area contributed by atoms with E-state index in [1.54, 1.807) is 0 Å². The van der Waals surface area contributed by atoms with Crippen LogP contribution in [0, 0.1) is 5.92 Å². The van der Waals surface area contributed by atoms with Crippen LogP contribution in [0.1, 0.15) is 26.7 Å². The Kier molecular flexibility index (Phi) is 4.59. The summed E-state index contributed by atoms with van der Waals surface area (Å²) in [6, 6.07) is 0. The van der Waals surface area contributed by atoms with E-state index in [9.17, 15) is 4.79 Å². The smallest absolute Gasteiger partial charge is 0.309 e. The van der Waals surface area contributed by atoms with Crippen LogP contribution in [0.2, 0.25) is 0 Å². The first kappa shape index (κ1) is 10.2. The Morgan fingerprint density at radius 3 is 2.27 bits per heavy atom. The summed E-state index contributed by atoms with van der Waals surface area (Å²) in [4.78, 5) is 10.7. The third-order valence-electron chi connectivity index (χ3n) is 1.60. The highest BCUT2D eigenvalue weighted by Gasteiger charge is 2.28. The van der Waals surface area contributed by atoms with Crippen molar-refractivity contribution in [3.8, 4) is 0 Å². The highest BCUT2D eigenvalue weighted by atomic mass is 16.5. The molecule has 0 heterocycles. The maximum Gasteiger partial charge on any atom is 0.309 e. The van der Waals surface area contributed by atoms with Gasteiger partial charge in [-0.25, -0.2) is 0 Å². The van der Waals surface area contributed by atoms with Crippen molar-refractivity contribution < 1.29 is 9.53 Å². The quantitative estimate of drug-likeness (QED) is 0.429. The van der Waals surface area contributed by atoms with Gasteiger partial charge in [-0.05, 0) is 12.8 Å². The second kappa shape index (κ2) is 4.94. The summed E-state index contributed by atoms with van der Waals surface area (Å²) in [7, 11) is 1.42. The van der Waals surface area contributed by atoms with Crippen molar-refractivity contribution in [1.82, 2.24) is 0 Å². The first-order valence-electron chi connectivity index (χ1n) is 3.98. The summed E-state index contributed by atoms with van der Waals surface area (Å²) >= 11 is 0. The molecule has 0 spiro atoms. The van der Waals surface area contributed by atoms with E-state index in [-0.39, 0.29) is 11.9 Å². The zero-order valence-electron chi connectivity index (χ0n) is 7.52. The van der Waals surface area contributed by atoms with Crippen LogP contribution in [0.4, 0.5) is 0 Å². The second-order valence-electron chi connectivity index (χ2n) is 2.38. The number of allylic oxidation sites excluding steroid dienone is 1. The van der Waals surface area contributed by atoms with Gasteiger partial charge < -0.3 is 4.74 Å². The van der Waals surface area contributed by atoms with Crippen molar-refractivity contribution in [1.29, 1.82) is 0 Å². The van der Waals surface area contributed by atoms with E-state index in [1.165, 1.54) is 7.11 Å². The topological polar surface area (TPSA) is 26.3 Å². The minimum Gasteiger partial charge on any atom is -0.469 e. The Hall–Kier alpha value is -0.790. The lowest BCUT2D eigenvalue weighted by Gasteiger charge is -2.25. The molecule has 1 aliphatic carbocycles. The van der Waals surface area contributed by atoms with E-state index < -0.39 is 0 Å². The van der Waals surface area contributed by atoms with Gasteiger partial charge in [-0.2, -0.15) is 0 Å². The van der Waals surface area contributed by atoms with Gasteiger partial charge in [0.05, 0.1) is 13.0 Å². The van der Waals surface area contributed by atoms with Crippen LogP contribution >= 0.6 is 0 Å². The highest BCUT2D eigenvalue weighted by molar-refractivity contribution is 5.74. The fourth-order valence-corrected chi connectivity index (χ4v) is 0.970. The first-order valence-corrected chi connectivity index (χ1v) is 3.98. The average Bonchev–Trinajstić information content (AvgIpc) is 2.01. The Morgan fingerprint density at radius 2 is 2.00 bits per heavy atom. The second-order valence-corrected chi connectivity index (χ2v) is 2.38. The van der Waals surface area contributed by atoms with Gasteiger partial charge in [0, 0.05) is 0 Å². The molecule has 0 saturated heterocycles. The molecule has 2 heteroatoms. The number of ether oxygens (including phenoxy) is 1. The molecule has 2 nitrogen and oxygen atoms in total. The molecule has 0 aromatic rings. The summed E-state index contributed by atoms with van der Waals surface area (Å²) in [5.41, 5.74) is 1.16. The normalized spacial score (nSPS) is 16.1. The van der Waals surface area contributed by atoms with E-state index in [0.717, 1.165) is 18.4 Å². The number of hydrogen-bond donors (Lipinski definition) is 0. The van der Waals surface area contributed by atoms with Gasteiger partial charge in [0.25, 0.3) is 0 Å². The summed E-state index contributed by atoms with van der Waals surface area (Å²) in [5, 5.41) is 0. The molecule has 0 unspecified atom stereocenters. The van der Waals surface area contributed by atoms with Gasteiger partial charge in [-0.1, -0.05) is 26.0 Å². The predicted octanol–water partition coefficient (Wildman–Crippen LogP) is 2.15. The minimum absolute atomic E-state index is 0.0950. The lowest BCUT2D eigenvalue weighted by atomic mass is 9.81. The molecule has 0 atom stereocenters. The van der Waals surface area contributed by atoms with E-state index in [2.05, 4.69) is 11.3 Å². The van der Waals surface area contributed by atoms with E-state index >= 15 is 0 Å². The van der Waals surface area contributed by atoms with Crippen molar-refractivity contribution in [3.63, 3.8) is 0 Å². The molecule has 0 aromatic heterocycles. The van der Waals surface area contributed by atoms with E-state index in [0.29, 0.717) is 0 Å². The van der Waals surface area contributed by atoms with Crippen molar-refractivity contribution >= 4 is 5.97 Å². The number of hydrogen-bond acceptors (Lipinski definition) is 2. The number of esters is 1. The highest BCUT2D eigenvalue weighted by Crippen LogP contribution is 2.31. The summed E-state index contributed by atoms with van der Waals surface area (Å²) in [6.07, 6.45) is 1.65. The molecular weight excluding hydrogens is 140 g/mol. The number of carbonyl (C=O) groups excluding carboxylic acids is 1. The molecule has 11 heavy (non-hydrogen) atoms. The van der Waals surface area contributed by atoms with Gasteiger partial charge in [0.1, 0.15) is 0 Å². The molecule has 1 rings (SSSR count). The average molecular weight is 156 g/mol. The third kappa shape index (κ3) is 2.74. The maximum atomic E-state index is 10.7. The maximum absolute atomic E-state index is 10.7. The van der Waals surface area contributed by atoms with Crippen LogP contribution in [0.25, 0.3) is 0 Å². The van der Waals surface area contributed by atoms with Crippen molar-refractivity contribution in [2.75, 3.05) is 7.11 Å². The lowest BCUT2D eigenvalue weighted by Crippen LogP contribution is -2.24. The molecular formula is C9H16O2. The van der Waals surface area contributed by atoms with Crippen molar-refractivity contribution in [3.05, 3.63) is 12.2 Å². The van der Waals surface area contributed by atoms with Gasteiger partial charge in [0.2, 0.25) is 0 Å². The van der Waals surface area contributed by atoms with Crippen LogP contribution in [0.15, 0.2) is 12.2 Å². The molecule has 0 bridgehead atoms. The number of carbonyl (C=O) groups is 1. The van der Waals surface area contributed by atoms with Crippen molar-refractivity contribution in [2.45, 2.75) is 26.7 Å². The molecule has 0 amide bonds. The fourth-order valence-electron chi connectivity index (χ4n) is 0.970. The number of rotatable bonds is 1. The predicted molar refractivity (Wildman–Crippen MR) is 45.2 cm³/mol. The summed E-state index contributed by atoms with van der Waals surface area (Å²) in [5.74, 6) is 0.0184. The van der Waals surface area contributed by atoms with Crippen LogP contribution in [-0.4, -0.2) is 13.1 Å². The van der Waals surface area contributed by atoms with Gasteiger partial charge in [-0.3, -0.25) is 4.79 Å².